The standard InChI is InChI=1S/C50H58N10O6/c1-33(2)43(56-50(65)66-3)47(62)59-23-7-11-41(59)45-51-31-39(53-45)36-19-15-34(16-20-36)13-14-35-17-21-37(22-18-35)40-32-52-46(54-40)42-12-8-24-60(42)48(63)44(38-9-5-4-6-10-38)55-49(64)58-27-25-57(26-28-58)29-30-61/h4-6,9-10,15-22,31-33,41-44,61H,7-8,11-12,23-30H2,1-3H3,(H,51,53)(H,52,54)(H,55,64)(H,56,65)/t41-,42-,43-,44-/m0/s1. The Labute approximate surface area is 385 Å². The van der Waals surface area contributed by atoms with Crippen LogP contribution in [0.4, 0.5) is 9.59 Å². The number of urea groups is 1. The molecule has 5 heterocycles. The molecule has 0 radical (unpaired) electrons. The molecule has 5 N–H and O–H groups in total. The minimum atomic E-state index is -0.850. The van der Waals surface area contributed by atoms with Crippen molar-refractivity contribution in [2.45, 2.75) is 63.7 Å². The molecule has 0 unspecified atom stereocenters. The Hall–Kier alpha value is -6.96. The van der Waals surface area contributed by atoms with Crippen molar-refractivity contribution in [2.24, 2.45) is 5.92 Å². The largest absolute Gasteiger partial charge is 0.453 e. The summed E-state index contributed by atoms with van der Waals surface area (Å²) in [7, 11) is 1.29. The summed E-state index contributed by atoms with van der Waals surface area (Å²) in [6.07, 6.45) is 6.13. The van der Waals surface area contributed by atoms with Gasteiger partial charge in [0.15, 0.2) is 0 Å². The van der Waals surface area contributed by atoms with Gasteiger partial charge in [0, 0.05) is 56.9 Å². The molecule has 2 aromatic heterocycles. The van der Waals surface area contributed by atoms with E-state index in [1.165, 1.54) is 7.11 Å². The molecule has 66 heavy (non-hydrogen) atoms. The van der Waals surface area contributed by atoms with Gasteiger partial charge in [-0.2, -0.15) is 0 Å². The molecule has 5 amide bonds. The average molecular weight is 895 g/mol. The summed E-state index contributed by atoms with van der Waals surface area (Å²) in [6.45, 7) is 7.98. The highest BCUT2D eigenvalue weighted by Gasteiger charge is 2.39. The number of nitrogens with zero attached hydrogens (tertiary/aromatic N) is 6. The summed E-state index contributed by atoms with van der Waals surface area (Å²) < 4.78 is 4.76. The number of alkyl carbamates (subject to hydrolysis) is 1. The summed E-state index contributed by atoms with van der Waals surface area (Å²) in [5.74, 6) is 7.51. The molecule has 8 rings (SSSR count). The van der Waals surface area contributed by atoms with Crippen molar-refractivity contribution in [3.63, 3.8) is 0 Å². The molecule has 4 atom stereocenters. The number of methoxy groups -OCH3 is 1. The van der Waals surface area contributed by atoms with E-state index >= 15 is 0 Å². The van der Waals surface area contributed by atoms with Crippen LogP contribution < -0.4 is 10.6 Å². The molecular weight excluding hydrogens is 837 g/mol. The van der Waals surface area contributed by atoms with Crippen LogP contribution in [0, 0.1) is 17.8 Å². The number of carbonyl (C=O) groups is 4. The van der Waals surface area contributed by atoms with Crippen molar-refractivity contribution in [3.05, 3.63) is 120 Å². The lowest BCUT2D eigenvalue weighted by molar-refractivity contribution is -0.135. The number of imidazole rings is 2. The van der Waals surface area contributed by atoms with Gasteiger partial charge in [-0.05, 0) is 72.6 Å². The normalized spacial score (nSPS) is 18.4. The first-order valence-electron chi connectivity index (χ1n) is 22.8. The van der Waals surface area contributed by atoms with Crippen molar-refractivity contribution in [3.8, 4) is 34.4 Å². The SMILES string of the molecule is COC(=O)N[C@H](C(=O)N1CCC[C@H]1c1ncc(-c2ccc(C#Cc3ccc(-c4cnc([C@@H]5CCCN5C(=O)[C@@H](NC(=O)N5CCN(CCO)CC5)c5ccccc5)[nH]4)cc3)cc2)[nH]1)C(C)C. The van der Waals surface area contributed by atoms with Crippen LogP contribution in [0.1, 0.15) is 86.0 Å². The van der Waals surface area contributed by atoms with Gasteiger partial charge in [-0.1, -0.05) is 80.3 Å². The van der Waals surface area contributed by atoms with Gasteiger partial charge in [0.05, 0.1) is 49.6 Å². The number of carbonyl (C=O) groups excluding carboxylic acids is 4. The molecule has 5 aromatic rings. The molecule has 0 bridgehead atoms. The van der Waals surface area contributed by atoms with Crippen molar-refractivity contribution in [2.75, 3.05) is 59.5 Å². The van der Waals surface area contributed by atoms with Crippen molar-refractivity contribution >= 4 is 23.9 Å². The Morgan fingerprint density at radius 1 is 0.727 bits per heavy atom. The second kappa shape index (κ2) is 20.9. The Morgan fingerprint density at radius 3 is 1.76 bits per heavy atom. The number of aromatic nitrogens is 4. The smallest absolute Gasteiger partial charge is 0.407 e. The minimum absolute atomic E-state index is 0.0809. The van der Waals surface area contributed by atoms with Crippen molar-refractivity contribution in [1.29, 1.82) is 0 Å². The number of likely N-dealkylation sites (tertiary alicyclic amines) is 2. The molecule has 344 valence electrons. The van der Waals surface area contributed by atoms with E-state index in [1.54, 1.807) is 22.2 Å². The summed E-state index contributed by atoms with van der Waals surface area (Å²) in [4.78, 5) is 77.2. The van der Waals surface area contributed by atoms with E-state index in [0.717, 1.165) is 64.9 Å². The second-order valence-electron chi connectivity index (χ2n) is 17.4. The molecule has 3 fully saturated rings. The fraction of sp³-hybridized carbons (Fsp3) is 0.400. The molecule has 3 saturated heterocycles. The van der Waals surface area contributed by atoms with E-state index in [0.29, 0.717) is 57.5 Å². The number of amides is 5. The number of benzene rings is 3. The van der Waals surface area contributed by atoms with Gasteiger partial charge in [0.1, 0.15) is 23.7 Å². The number of rotatable bonds is 12. The third-order valence-electron chi connectivity index (χ3n) is 12.8. The van der Waals surface area contributed by atoms with Gasteiger partial charge in [0.2, 0.25) is 11.8 Å². The van der Waals surface area contributed by atoms with Crippen molar-refractivity contribution in [1.82, 2.24) is 50.2 Å². The Bertz CT molecular complexity index is 2520. The highest BCUT2D eigenvalue weighted by molar-refractivity contribution is 5.89. The van der Waals surface area contributed by atoms with E-state index < -0.39 is 18.2 Å². The van der Waals surface area contributed by atoms with E-state index in [-0.39, 0.29) is 42.5 Å². The lowest BCUT2D eigenvalue weighted by atomic mass is 10.0. The van der Waals surface area contributed by atoms with E-state index in [9.17, 15) is 24.3 Å². The number of aromatic amines is 2. The Kier molecular flexibility index (Phi) is 14.4. The number of hydrogen-bond acceptors (Lipinski definition) is 9. The fourth-order valence-electron chi connectivity index (χ4n) is 9.05. The van der Waals surface area contributed by atoms with Crippen LogP contribution in [0.25, 0.3) is 22.5 Å². The topological polar surface area (TPSA) is 192 Å². The first-order chi connectivity index (χ1) is 32.1. The first-order valence-corrected chi connectivity index (χ1v) is 22.8. The lowest BCUT2D eigenvalue weighted by Gasteiger charge is -2.36. The minimum Gasteiger partial charge on any atom is -0.453 e. The highest BCUT2D eigenvalue weighted by Crippen LogP contribution is 2.35. The number of aliphatic hydroxyl groups is 1. The fourth-order valence-corrected chi connectivity index (χ4v) is 9.05. The second-order valence-corrected chi connectivity index (χ2v) is 17.4. The number of hydrogen-bond donors (Lipinski definition) is 5. The van der Waals surface area contributed by atoms with Gasteiger partial charge < -0.3 is 45.1 Å². The Balaban J connectivity index is 0.886. The molecule has 3 aromatic carbocycles. The molecule has 0 aliphatic carbocycles. The lowest BCUT2D eigenvalue weighted by Crippen LogP contribution is -2.54. The first kappa shape index (κ1) is 45.6. The zero-order chi connectivity index (χ0) is 46.2. The van der Waals surface area contributed by atoms with E-state index in [1.807, 2.05) is 97.6 Å². The maximum Gasteiger partial charge on any atom is 0.407 e. The van der Waals surface area contributed by atoms with Crippen LogP contribution >= 0.6 is 0 Å². The summed E-state index contributed by atoms with van der Waals surface area (Å²) in [5.41, 5.74) is 5.98. The predicted octanol–water partition coefficient (Wildman–Crippen LogP) is 5.64. The zero-order valence-electron chi connectivity index (χ0n) is 37.7. The van der Waals surface area contributed by atoms with E-state index in [4.69, 9.17) is 9.72 Å². The number of aliphatic hydroxyl groups excluding tert-OH is 1. The monoisotopic (exact) mass is 894 g/mol. The van der Waals surface area contributed by atoms with Gasteiger partial charge in [-0.3, -0.25) is 14.5 Å². The summed E-state index contributed by atoms with van der Waals surface area (Å²) in [5, 5.41) is 15.1. The summed E-state index contributed by atoms with van der Waals surface area (Å²) >= 11 is 0. The van der Waals surface area contributed by atoms with Crippen LogP contribution in [0.5, 0.6) is 0 Å². The van der Waals surface area contributed by atoms with Gasteiger partial charge in [-0.15, -0.1) is 0 Å². The molecule has 3 aliphatic rings. The number of piperazine rings is 1. The molecule has 16 nitrogen and oxygen atoms in total. The van der Waals surface area contributed by atoms with Crippen LogP contribution in [0.15, 0.2) is 91.3 Å². The molecule has 16 heteroatoms. The van der Waals surface area contributed by atoms with Gasteiger partial charge in [-0.25, -0.2) is 19.6 Å². The van der Waals surface area contributed by atoms with Crippen molar-refractivity contribution < 1.29 is 29.0 Å². The number of H-pyrrole nitrogens is 2. The van der Waals surface area contributed by atoms with E-state index in [2.05, 4.69) is 42.3 Å². The zero-order valence-corrected chi connectivity index (χ0v) is 37.7. The van der Waals surface area contributed by atoms with Gasteiger partial charge >= 0.3 is 12.1 Å². The maximum absolute atomic E-state index is 14.4. The summed E-state index contributed by atoms with van der Waals surface area (Å²) in [6, 6.07) is 22.9. The van der Waals surface area contributed by atoms with Crippen LogP contribution in [0.3, 0.4) is 0 Å². The molecular formula is C50H58N10O6. The van der Waals surface area contributed by atoms with Crippen LogP contribution in [-0.2, 0) is 14.3 Å². The average Bonchev–Trinajstić information content (AvgIpc) is 4.20. The number of nitrogens with one attached hydrogen (secondary N) is 4. The van der Waals surface area contributed by atoms with Crippen LogP contribution in [-0.4, -0.2) is 134 Å². The quantitative estimate of drug-likeness (QED) is 0.0988. The third-order valence-corrected chi connectivity index (χ3v) is 12.8. The Morgan fingerprint density at radius 2 is 1.26 bits per heavy atom. The molecule has 3 aliphatic heterocycles. The van der Waals surface area contributed by atoms with Gasteiger partial charge in [0.25, 0.3) is 0 Å². The van der Waals surface area contributed by atoms with Crippen LogP contribution in [0.2, 0.25) is 0 Å². The molecule has 0 saturated carbocycles. The molecule has 0 spiro atoms. The maximum atomic E-state index is 14.4. The number of ether oxygens (including phenoxy) is 1. The third kappa shape index (κ3) is 10.4. The highest BCUT2D eigenvalue weighted by atomic mass is 16.5. The predicted molar refractivity (Wildman–Crippen MR) is 248 cm³/mol. The number of β-amino-alcohol motifs (C(OH)–C–C–N with tert-alkyl or cyclic N) is 1.